The molecule has 0 spiro atoms. The van der Waals surface area contributed by atoms with E-state index in [0.717, 1.165) is 37.2 Å². The number of aryl methyl sites for hydroxylation is 1. The second-order valence-corrected chi connectivity index (χ2v) is 5.34. The van der Waals surface area contributed by atoms with E-state index < -0.39 is 0 Å². The van der Waals surface area contributed by atoms with Crippen LogP contribution >= 0.6 is 0 Å². The van der Waals surface area contributed by atoms with E-state index in [-0.39, 0.29) is 5.91 Å². The molecule has 1 aliphatic rings. The smallest absolute Gasteiger partial charge is 0.255 e. The van der Waals surface area contributed by atoms with Gasteiger partial charge in [-0.3, -0.25) is 9.78 Å². The Morgan fingerprint density at radius 3 is 3.10 bits per heavy atom. The van der Waals surface area contributed by atoms with E-state index in [2.05, 4.69) is 14.5 Å². The summed E-state index contributed by atoms with van der Waals surface area (Å²) in [7, 11) is 1.87. The Morgan fingerprint density at radius 1 is 1.40 bits per heavy atom. The Labute approximate surface area is 118 Å². The van der Waals surface area contributed by atoms with Gasteiger partial charge in [0, 0.05) is 38.7 Å². The number of nitrogens with zero attached hydrogens (tertiary/aromatic N) is 4. The van der Waals surface area contributed by atoms with Crippen molar-refractivity contribution in [3.05, 3.63) is 48.3 Å². The number of fused-ring (bicyclic) bond motifs is 1. The summed E-state index contributed by atoms with van der Waals surface area (Å²) in [4.78, 5) is 22.5. The van der Waals surface area contributed by atoms with Gasteiger partial charge < -0.3 is 9.47 Å². The minimum absolute atomic E-state index is 0.0817. The molecule has 1 atom stereocenters. The van der Waals surface area contributed by atoms with Crippen LogP contribution < -0.4 is 0 Å². The van der Waals surface area contributed by atoms with Crippen molar-refractivity contribution in [2.75, 3.05) is 13.6 Å². The molecule has 0 aromatic carbocycles. The summed E-state index contributed by atoms with van der Waals surface area (Å²) in [5.41, 5.74) is 1.68. The number of hydrogen-bond donors (Lipinski definition) is 0. The van der Waals surface area contributed by atoms with Gasteiger partial charge in [-0.15, -0.1) is 0 Å². The van der Waals surface area contributed by atoms with Crippen molar-refractivity contribution in [3.63, 3.8) is 0 Å². The summed E-state index contributed by atoms with van der Waals surface area (Å²) in [6, 6.07) is 3.70. The van der Waals surface area contributed by atoms with Gasteiger partial charge in [-0.05, 0) is 30.9 Å². The van der Waals surface area contributed by atoms with Crippen LogP contribution in [-0.4, -0.2) is 38.9 Å². The van der Waals surface area contributed by atoms with E-state index in [0.29, 0.717) is 5.92 Å². The van der Waals surface area contributed by atoms with Crippen LogP contribution in [0.1, 0.15) is 22.5 Å². The van der Waals surface area contributed by atoms with Gasteiger partial charge in [0.2, 0.25) is 0 Å². The van der Waals surface area contributed by atoms with E-state index in [4.69, 9.17) is 0 Å². The fourth-order valence-electron chi connectivity index (χ4n) is 2.75. The van der Waals surface area contributed by atoms with Crippen LogP contribution in [-0.2, 0) is 13.0 Å². The molecule has 20 heavy (non-hydrogen) atoms. The van der Waals surface area contributed by atoms with E-state index in [1.807, 2.05) is 36.6 Å². The Kier molecular flexibility index (Phi) is 3.50. The Morgan fingerprint density at radius 2 is 2.30 bits per heavy atom. The number of pyridine rings is 1. The van der Waals surface area contributed by atoms with Crippen LogP contribution in [0.4, 0.5) is 0 Å². The Bertz CT molecular complexity index is 594. The first-order valence-electron chi connectivity index (χ1n) is 6.89. The summed E-state index contributed by atoms with van der Waals surface area (Å²) in [6.07, 6.45) is 9.24. The van der Waals surface area contributed by atoms with E-state index in [9.17, 15) is 4.79 Å². The van der Waals surface area contributed by atoms with E-state index >= 15 is 0 Å². The molecule has 3 rings (SSSR count). The Balaban J connectivity index is 1.76. The maximum atomic E-state index is 12.3. The zero-order chi connectivity index (χ0) is 13.9. The summed E-state index contributed by atoms with van der Waals surface area (Å²) in [6.45, 7) is 1.71. The molecule has 0 saturated carbocycles. The molecule has 104 valence electrons. The number of amides is 1. The topological polar surface area (TPSA) is 51.0 Å². The van der Waals surface area contributed by atoms with Gasteiger partial charge in [0.25, 0.3) is 5.91 Å². The maximum absolute atomic E-state index is 12.3. The zero-order valence-electron chi connectivity index (χ0n) is 11.6. The monoisotopic (exact) mass is 270 g/mol. The highest BCUT2D eigenvalue weighted by Crippen LogP contribution is 2.21. The quantitative estimate of drug-likeness (QED) is 0.851. The van der Waals surface area contributed by atoms with Crippen LogP contribution in [0.3, 0.4) is 0 Å². The predicted octanol–water partition coefficient (Wildman–Crippen LogP) is 1.61. The molecule has 5 nitrogen and oxygen atoms in total. The van der Waals surface area contributed by atoms with Gasteiger partial charge in [-0.25, -0.2) is 4.98 Å². The molecule has 0 N–H and O–H groups in total. The standard InChI is InChI=1S/C15H18N4O/c1-18-10-12(4-7-19-8-6-16-11-19)9-14-13(15(18)20)3-2-5-17-14/h2-3,5-6,8,11-12H,4,7,9-10H2,1H3. The largest absolute Gasteiger partial charge is 0.341 e. The van der Waals surface area contributed by atoms with Crippen LogP contribution in [0.25, 0.3) is 0 Å². The minimum atomic E-state index is 0.0817. The van der Waals surface area contributed by atoms with Crippen molar-refractivity contribution in [2.45, 2.75) is 19.4 Å². The van der Waals surface area contributed by atoms with Crippen molar-refractivity contribution in [3.8, 4) is 0 Å². The highest BCUT2D eigenvalue weighted by atomic mass is 16.2. The molecule has 0 bridgehead atoms. The summed E-state index contributed by atoms with van der Waals surface area (Å²) >= 11 is 0. The number of carbonyl (C=O) groups excluding carboxylic acids is 1. The first kappa shape index (κ1) is 12.8. The van der Waals surface area contributed by atoms with Crippen LogP contribution in [0.5, 0.6) is 0 Å². The molecule has 0 aliphatic carbocycles. The number of rotatable bonds is 3. The second kappa shape index (κ2) is 5.45. The number of hydrogen-bond acceptors (Lipinski definition) is 3. The lowest BCUT2D eigenvalue weighted by molar-refractivity contribution is 0.0780. The van der Waals surface area contributed by atoms with Gasteiger partial charge >= 0.3 is 0 Å². The van der Waals surface area contributed by atoms with E-state index in [1.54, 1.807) is 12.4 Å². The molecule has 0 fully saturated rings. The van der Waals surface area contributed by atoms with Crippen LogP contribution in [0.15, 0.2) is 37.1 Å². The average Bonchev–Trinajstić information content (AvgIpc) is 2.94. The third-order valence-corrected chi connectivity index (χ3v) is 3.84. The van der Waals surface area contributed by atoms with Crippen molar-refractivity contribution in [2.24, 2.45) is 5.92 Å². The van der Waals surface area contributed by atoms with Crippen molar-refractivity contribution >= 4 is 5.91 Å². The summed E-state index contributed by atoms with van der Waals surface area (Å²) in [5, 5.41) is 0. The average molecular weight is 270 g/mol. The number of aromatic nitrogens is 3. The van der Waals surface area contributed by atoms with Gasteiger partial charge in [0.15, 0.2) is 0 Å². The highest BCUT2D eigenvalue weighted by molar-refractivity contribution is 5.95. The lowest BCUT2D eigenvalue weighted by Gasteiger charge is -2.20. The fourth-order valence-corrected chi connectivity index (χ4v) is 2.75. The van der Waals surface area contributed by atoms with Gasteiger partial charge in [0.05, 0.1) is 17.6 Å². The molecule has 1 unspecified atom stereocenters. The molecule has 0 radical (unpaired) electrons. The Hall–Kier alpha value is -2.17. The number of carbonyl (C=O) groups is 1. The summed E-state index contributed by atoms with van der Waals surface area (Å²) < 4.78 is 2.08. The fraction of sp³-hybridized carbons (Fsp3) is 0.400. The third-order valence-electron chi connectivity index (χ3n) is 3.84. The molecule has 1 aliphatic heterocycles. The molecule has 2 aromatic heterocycles. The summed E-state index contributed by atoms with van der Waals surface area (Å²) in [5.74, 6) is 0.515. The lowest BCUT2D eigenvalue weighted by atomic mass is 9.98. The molecule has 3 heterocycles. The van der Waals surface area contributed by atoms with E-state index in [1.165, 1.54) is 0 Å². The van der Waals surface area contributed by atoms with Gasteiger partial charge in [0.1, 0.15) is 0 Å². The molecule has 2 aromatic rings. The third kappa shape index (κ3) is 2.57. The lowest BCUT2D eigenvalue weighted by Crippen LogP contribution is -2.30. The second-order valence-electron chi connectivity index (χ2n) is 5.34. The minimum Gasteiger partial charge on any atom is -0.341 e. The molecular formula is C15H18N4O. The highest BCUT2D eigenvalue weighted by Gasteiger charge is 2.25. The van der Waals surface area contributed by atoms with Gasteiger partial charge in [-0.2, -0.15) is 0 Å². The van der Waals surface area contributed by atoms with Crippen LogP contribution in [0.2, 0.25) is 0 Å². The van der Waals surface area contributed by atoms with Crippen molar-refractivity contribution < 1.29 is 4.79 Å². The first-order chi connectivity index (χ1) is 9.74. The van der Waals surface area contributed by atoms with Crippen molar-refractivity contribution in [1.29, 1.82) is 0 Å². The molecule has 0 saturated heterocycles. The first-order valence-corrected chi connectivity index (χ1v) is 6.89. The number of imidazole rings is 1. The zero-order valence-corrected chi connectivity index (χ0v) is 11.6. The van der Waals surface area contributed by atoms with Crippen LogP contribution in [0, 0.1) is 5.92 Å². The maximum Gasteiger partial charge on any atom is 0.255 e. The molecule has 1 amide bonds. The predicted molar refractivity (Wildman–Crippen MR) is 75.2 cm³/mol. The normalized spacial score (nSPS) is 18.8. The molecular weight excluding hydrogens is 252 g/mol. The SMILES string of the molecule is CN1CC(CCn2ccnc2)Cc2ncccc2C1=O. The van der Waals surface area contributed by atoms with Crippen molar-refractivity contribution in [1.82, 2.24) is 19.4 Å². The molecule has 5 heteroatoms. The van der Waals surface area contributed by atoms with Gasteiger partial charge in [-0.1, -0.05) is 0 Å².